The van der Waals surface area contributed by atoms with Gasteiger partial charge in [0.1, 0.15) is 11.6 Å². The smallest absolute Gasteiger partial charge is 0.229 e. The van der Waals surface area contributed by atoms with E-state index in [4.69, 9.17) is 16.3 Å². The topological polar surface area (TPSA) is 109 Å². The molecule has 2 fully saturated rings. The number of nitrogens with zero attached hydrogens (tertiary/aromatic N) is 4. The third-order valence-electron chi connectivity index (χ3n) is 6.23. The zero-order valence-electron chi connectivity index (χ0n) is 19.3. The van der Waals surface area contributed by atoms with Gasteiger partial charge in [-0.15, -0.1) is 0 Å². The second kappa shape index (κ2) is 11.0. The molecule has 4 heterocycles. The van der Waals surface area contributed by atoms with Crippen LogP contribution in [0.1, 0.15) is 25.7 Å². The van der Waals surface area contributed by atoms with E-state index in [0.29, 0.717) is 46.9 Å². The highest BCUT2D eigenvalue weighted by atomic mass is 35.5. The first-order chi connectivity index (χ1) is 16.3. The van der Waals surface area contributed by atoms with Gasteiger partial charge in [0.05, 0.1) is 29.0 Å². The van der Waals surface area contributed by atoms with Crippen LogP contribution in [0.5, 0.6) is 0 Å². The van der Waals surface area contributed by atoms with Crippen LogP contribution in [-0.4, -0.2) is 74.3 Å². The minimum absolute atomic E-state index is 0.160. The van der Waals surface area contributed by atoms with Gasteiger partial charge in [-0.05, 0) is 43.5 Å². The minimum atomic E-state index is -2.34. The molecule has 2 aliphatic rings. The van der Waals surface area contributed by atoms with Gasteiger partial charge in [-0.2, -0.15) is 0 Å². The summed E-state index contributed by atoms with van der Waals surface area (Å²) in [4.78, 5) is 26.1. The SMILES string of the molecule is C=S(C)(=O)N1CCC[C@H](C(=O)Nc2cc(-c3cncc(NCC4CCOCC4)n3)c(Cl)cn2)C1. The quantitative estimate of drug-likeness (QED) is 0.555. The molecule has 0 aliphatic carbocycles. The number of hydrogen-bond donors (Lipinski definition) is 2. The third-order valence-corrected chi connectivity index (χ3v) is 7.96. The van der Waals surface area contributed by atoms with Gasteiger partial charge >= 0.3 is 0 Å². The molecule has 34 heavy (non-hydrogen) atoms. The van der Waals surface area contributed by atoms with Crippen molar-refractivity contribution in [2.24, 2.45) is 11.8 Å². The fraction of sp³-hybridized carbons (Fsp3) is 0.522. The van der Waals surface area contributed by atoms with Gasteiger partial charge < -0.3 is 15.4 Å². The Kier molecular flexibility index (Phi) is 8.02. The number of anilines is 2. The van der Waals surface area contributed by atoms with Crippen molar-refractivity contribution in [3.63, 3.8) is 0 Å². The molecule has 2 aromatic heterocycles. The van der Waals surface area contributed by atoms with E-state index in [2.05, 4.69) is 31.5 Å². The molecule has 2 N–H and O–H groups in total. The zero-order chi connectivity index (χ0) is 24.1. The first kappa shape index (κ1) is 24.8. The summed E-state index contributed by atoms with van der Waals surface area (Å²) in [5, 5.41) is 6.66. The van der Waals surface area contributed by atoms with Gasteiger partial charge in [0.25, 0.3) is 0 Å². The molecule has 0 radical (unpaired) electrons. The van der Waals surface area contributed by atoms with E-state index in [-0.39, 0.29) is 11.8 Å². The number of ether oxygens (including phenoxy) is 1. The number of pyridine rings is 1. The van der Waals surface area contributed by atoms with Crippen molar-refractivity contribution in [1.82, 2.24) is 19.3 Å². The molecule has 0 saturated carbocycles. The van der Waals surface area contributed by atoms with Crippen LogP contribution in [0.4, 0.5) is 11.6 Å². The van der Waals surface area contributed by atoms with E-state index in [1.54, 1.807) is 29.0 Å². The second-order valence-corrected chi connectivity index (χ2v) is 11.8. The highest BCUT2D eigenvalue weighted by molar-refractivity contribution is 7.97. The molecule has 0 bridgehead atoms. The highest BCUT2D eigenvalue weighted by Gasteiger charge is 2.28. The lowest BCUT2D eigenvalue weighted by Gasteiger charge is -2.32. The van der Waals surface area contributed by atoms with Gasteiger partial charge in [-0.1, -0.05) is 11.6 Å². The number of piperidine rings is 1. The van der Waals surface area contributed by atoms with Crippen LogP contribution in [0.25, 0.3) is 11.3 Å². The largest absolute Gasteiger partial charge is 0.381 e. The molecule has 0 aromatic carbocycles. The van der Waals surface area contributed by atoms with Crippen molar-refractivity contribution in [2.45, 2.75) is 25.7 Å². The molecular weight excluding hydrogens is 476 g/mol. The molecule has 9 nitrogen and oxygen atoms in total. The highest BCUT2D eigenvalue weighted by Crippen LogP contribution is 2.29. The maximum atomic E-state index is 12.9. The molecule has 11 heteroatoms. The van der Waals surface area contributed by atoms with Crippen LogP contribution < -0.4 is 10.6 Å². The maximum absolute atomic E-state index is 12.9. The average molecular weight is 507 g/mol. The van der Waals surface area contributed by atoms with Gasteiger partial charge in [0.2, 0.25) is 5.91 Å². The standard InChI is InChI=1S/C23H31ClN6O3S/c1-34(2,32)30-7-3-4-17(15-30)23(31)29-21-10-18(19(24)12-27-21)20-13-25-14-22(28-20)26-11-16-5-8-33-9-6-16/h10,12-14,16-17H,1,3-9,11,15H2,2H3,(H,26,28)(H,27,29,31)/t17-,34?/m0/s1. The lowest BCUT2D eigenvalue weighted by atomic mass is 9.99. The number of carbonyl (C=O) groups is 1. The van der Waals surface area contributed by atoms with Crippen LogP contribution in [-0.2, 0) is 19.2 Å². The second-order valence-electron chi connectivity index (χ2n) is 8.95. The Morgan fingerprint density at radius 3 is 2.82 bits per heavy atom. The number of nitrogens with one attached hydrogen (secondary N) is 2. The van der Waals surface area contributed by atoms with E-state index >= 15 is 0 Å². The van der Waals surface area contributed by atoms with Crippen molar-refractivity contribution >= 4 is 44.7 Å². The Morgan fingerprint density at radius 1 is 1.26 bits per heavy atom. The summed E-state index contributed by atoms with van der Waals surface area (Å²) in [6.07, 6.45) is 10.0. The van der Waals surface area contributed by atoms with Crippen LogP contribution >= 0.6 is 11.6 Å². The Morgan fingerprint density at radius 2 is 2.06 bits per heavy atom. The van der Waals surface area contributed by atoms with E-state index < -0.39 is 9.71 Å². The molecule has 1 amide bonds. The Labute approximate surface area is 205 Å². The summed E-state index contributed by atoms with van der Waals surface area (Å²) in [6, 6.07) is 1.71. The normalized spacial score (nSPS) is 21.5. The van der Waals surface area contributed by atoms with Crippen molar-refractivity contribution < 1.29 is 13.7 Å². The van der Waals surface area contributed by atoms with Crippen LogP contribution in [0.2, 0.25) is 5.02 Å². The summed E-state index contributed by atoms with van der Waals surface area (Å²) in [5.41, 5.74) is 1.22. The zero-order valence-corrected chi connectivity index (χ0v) is 20.9. The molecular formula is C23H31ClN6O3S. The van der Waals surface area contributed by atoms with Gasteiger partial charge in [0, 0.05) is 60.6 Å². The van der Waals surface area contributed by atoms with Gasteiger partial charge in [-0.3, -0.25) is 14.0 Å². The molecule has 2 aliphatic heterocycles. The molecule has 4 rings (SSSR count). The van der Waals surface area contributed by atoms with Crippen molar-refractivity contribution in [1.29, 1.82) is 0 Å². The van der Waals surface area contributed by atoms with Crippen molar-refractivity contribution in [3.05, 3.63) is 29.7 Å². The lowest BCUT2D eigenvalue weighted by molar-refractivity contribution is -0.120. The number of halogens is 1. The van der Waals surface area contributed by atoms with Crippen molar-refractivity contribution in [3.8, 4) is 11.3 Å². The fourth-order valence-electron chi connectivity index (χ4n) is 4.22. The molecule has 1 unspecified atom stereocenters. The van der Waals surface area contributed by atoms with Gasteiger partial charge in [-0.25, -0.2) is 14.3 Å². The summed E-state index contributed by atoms with van der Waals surface area (Å²) in [7, 11) is -2.34. The van der Waals surface area contributed by atoms with E-state index in [9.17, 15) is 9.00 Å². The molecule has 2 atom stereocenters. The molecule has 2 aromatic rings. The molecule has 0 spiro atoms. The predicted octanol–water partition coefficient (Wildman–Crippen LogP) is 2.94. The maximum Gasteiger partial charge on any atom is 0.229 e. The summed E-state index contributed by atoms with van der Waals surface area (Å²) >= 11 is 6.41. The third kappa shape index (κ3) is 6.44. The van der Waals surface area contributed by atoms with E-state index in [1.807, 2.05) is 0 Å². The van der Waals surface area contributed by atoms with Crippen LogP contribution in [0.3, 0.4) is 0 Å². The number of hydrogen-bond acceptors (Lipinski definition) is 7. The first-order valence-corrected chi connectivity index (χ1v) is 13.9. The predicted molar refractivity (Wildman–Crippen MR) is 136 cm³/mol. The molecule has 184 valence electrons. The van der Waals surface area contributed by atoms with E-state index in [0.717, 1.165) is 45.4 Å². The fourth-order valence-corrected chi connectivity index (χ4v) is 5.43. The number of amides is 1. The monoisotopic (exact) mass is 506 g/mol. The van der Waals surface area contributed by atoms with Crippen LogP contribution in [0, 0.1) is 11.8 Å². The molecule has 2 saturated heterocycles. The lowest BCUT2D eigenvalue weighted by Crippen LogP contribution is -2.43. The van der Waals surface area contributed by atoms with Crippen LogP contribution in [0.15, 0.2) is 24.7 Å². The summed E-state index contributed by atoms with van der Waals surface area (Å²) in [6.45, 7) is 3.50. The summed E-state index contributed by atoms with van der Waals surface area (Å²) in [5.74, 6) is 4.90. The van der Waals surface area contributed by atoms with E-state index in [1.165, 1.54) is 6.20 Å². The Balaban J connectivity index is 1.44. The number of carbonyl (C=O) groups excluding carboxylic acids is 1. The summed E-state index contributed by atoms with van der Waals surface area (Å²) < 4.78 is 19.5. The Bertz CT molecular complexity index is 1120. The average Bonchev–Trinajstić information content (AvgIpc) is 2.84. The van der Waals surface area contributed by atoms with Gasteiger partial charge in [0.15, 0.2) is 0 Å². The first-order valence-electron chi connectivity index (χ1n) is 11.5. The Hall–Kier alpha value is -2.27. The van der Waals surface area contributed by atoms with Crippen molar-refractivity contribution in [2.75, 3.05) is 49.7 Å². The number of aromatic nitrogens is 3. The number of rotatable bonds is 7. The minimum Gasteiger partial charge on any atom is -0.381 e.